The highest BCUT2D eigenvalue weighted by Crippen LogP contribution is 2.33. The van der Waals surface area contributed by atoms with Crippen molar-refractivity contribution in [3.63, 3.8) is 0 Å². The molecule has 0 heterocycles. The molecule has 3 heteroatoms. The van der Waals surface area contributed by atoms with Crippen LogP contribution in [0.1, 0.15) is 49.3 Å². The number of hydrogen-bond acceptors (Lipinski definition) is 2. The van der Waals surface area contributed by atoms with Crippen molar-refractivity contribution >= 4 is 18.1 Å². The predicted octanol–water partition coefficient (Wildman–Crippen LogP) is 5.30. The van der Waals surface area contributed by atoms with Gasteiger partial charge in [-0.1, -0.05) is 61.7 Å². The molecule has 124 valence electrons. The minimum absolute atomic E-state index is 0. The van der Waals surface area contributed by atoms with E-state index in [2.05, 4.69) is 53.8 Å². The Balaban J connectivity index is 0.00000192. The maximum atomic E-state index is 6.46. The quantitative estimate of drug-likeness (QED) is 0.780. The molecule has 23 heavy (non-hydrogen) atoms. The molecule has 0 aliphatic heterocycles. The van der Waals surface area contributed by atoms with E-state index in [1.807, 2.05) is 6.07 Å². The molecule has 1 saturated carbocycles. The SMILES string of the molecule is Cl.N[C@H](c1ccc(NCc2ccccc2)cc1)C1CCCCC1. The van der Waals surface area contributed by atoms with E-state index in [-0.39, 0.29) is 18.4 Å². The Kier molecular flexibility index (Phi) is 6.94. The number of hydrogen-bond donors (Lipinski definition) is 2. The summed E-state index contributed by atoms with van der Waals surface area (Å²) in [6.07, 6.45) is 6.64. The van der Waals surface area contributed by atoms with E-state index in [9.17, 15) is 0 Å². The second-order valence-electron chi connectivity index (χ2n) is 6.39. The van der Waals surface area contributed by atoms with Crippen LogP contribution in [0.15, 0.2) is 54.6 Å². The monoisotopic (exact) mass is 330 g/mol. The van der Waals surface area contributed by atoms with Crippen LogP contribution in [0.4, 0.5) is 5.69 Å². The van der Waals surface area contributed by atoms with E-state index in [1.165, 1.54) is 43.2 Å². The molecule has 0 saturated heterocycles. The van der Waals surface area contributed by atoms with Gasteiger partial charge in [-0.25, -0.2) is 0 Å². The Morgan fingerprint density at radius 2 is 1.57 bits per heavy atom. The maximum absolute atomic E-state index is 6.46. The van der Waals surface area contributed by atoms with Gasteiger partial charge in [0.25, 0.3) is 0 Å². The minimum Gasteiger partial charge on any atom is -0.381 e. The van der Waals surface area contributed by atoms with Gasteiger partial charge < -0.3 is 11.1 Å². The van der Waals surface area contributed by atoms with Crippen molar-refractivity contribution in [2.45, 2.75) is 44.7 Å². The Morgan fingerprint density at radius 3 is 2.22 bits per heavy atom. The normalized spacial score (nSPS) is 16.4. The van der Waals surface area contributed by atoms with Crippen LogP contribution in [0, 0.1) is 5.92 Å². The van der Waals surface area contributed by atoms with Crippen LogP contribution in [0.5, 0.6) is 0 Å². The largest absolute Gasteiger partial charge is 0.381 e. The zero-order valence-electron chi connectivity index (χ0n) is 13.6. The van der Waals surface area contributed by atoms with Gasteiger partial charge in [0.05, 0.1) is 0 Å². The summed E-state index contributed by atoms with van der Waals surface area (Å²) in [4.78, 5) is 0. The van der Waals surface area contributed by atoms with Crippen molar-refractivity contribution in [1.82, 2.24) is 0 Å². The molecule has 2 aromatic carbocycles. The summed E-state index contributed by atoms with van der Waals surface area (Å²) in [6, 6.07) is 19.3. The number of nitrogens with one attached hydrogen (secondary N) is 1. The van der Waals surface area contributed by atoms with Crippen LogP contribution >= 0.6 is 12.4 Å². The van der Waals surface area contributed by atoms with E-state index < -0.39 is 0 Å². The molecule has 1 atom stereocenters. The highest BCUT2D eigenvalue weighted by molar-refractivity contribution is 5.85. The first kappa shape index (κ1) is 17.8. The first-order valence-electron chi connectivity index (χ1n) is 8.46. The Labute approximate surface area is 145 Å². The molecule has 3 N–H and O–H groups in total. The van der Waals surface area contributed by atoms with Gasteiger partial charge in [0.1, 0.15) is 0 Å². The fourth-order valence-corrected chi connectivity index (χ4v) is 3.39. The molecule has 0 bridgehead atoms. The molecule has 0 aromatic heterocycles. The lowest BCUT2D eigenvalue weighted by Gasteiger charge is -2.27. The van der Waals surface area contributed by atoms with E-state index in [0.29, 0.717) is 5.92 Å². The molecule has 0 amide bonds. The van der Waals surface area contributed by atoms with Crippen LogP contribution in [0.3, 0.4) is 0 Å². The maximum Gasteiger partial charge on any atom is 0.0400 e. The standard InChI is InChI=1S/C20H26N2.ClH/c21-20(17-9-5-2-6-10-17)18-11-13-19(14-12-18)22-15-16-7-3-1-4-8-16;/h1,3-4,7-8,11-14,17,20,22H,2,5-6,9-10,15,21H2;1H/t20-;/m0./s1. The number of anilines is 1. The zero-order valence-corrected chi connectivity index (χ0v) is 14.4. The molecule has 2 aromatic rings. The Hall–Kier alpha value is -1.51. The molecule has 0 spiro atoms. The number of halogens is 1. The van der Waals surface area contributed by atoms with Crippen molar-refractivity contribution in [3.05, 3.63) is 65.7 Å². The highest BCUT2D eigenvalue weighted by atomic mass is 35.5. The first-order chi connectivity index (χ1) is 10.8. The molecule has 0 radical (unpaired) electrons. The van der Waals surface area contributed by atoms with Crippen LogP contribution < -0.4 is 11.1 Å². The van der Waals surface area contributed by atoms with Gasteiger partial charge >= 0.3 is 0 Å². The summed E-state index contributed by atoms with van der Waals surface area (Å²) in [5, 5.41) is 3.47. The first-order valence-corrected chi connectivity index (χ1v) is 8.46. The van der Waals surface area contributed by atoms with Gasteiger partial charge in [-0.05, 0) is 42.0 Å². The summed E-state index contributed by atoms with van der Waals surface area (Å²) in [7, 11) is 0. The van der Waals surface area contributed by atoms with Crippen LogP contribution in [0.2, 0.25) is 0 Å². The predicted molar refractivity (Wildman–Crippen MR) is 101 cm³/mol. The third-order valence-corrected chi connectivity index (χ3v) is 4.79. The van der Waals surface area contributed by atoms with Gasteiger partial charge in [-0.15, -0.1) is 12.4 Å². The lowest BCUT2D eigenvalue weighted by Crippen LogP contribution is -2.23. The van der Waals surface area contributed by atoms with Crippen molar-refractivity contribution in [2.24, 2.45) is 11.7 Å². The van der Waals surface area contributed by atoms with Gasteiger partial charge in [0, 0.05) is 18.3 Å². The van der Waals surface area contributed by atoms with Gasteiger partial charge in [-0.3, -0.25) is 0 Å². The molecular formula is C20H27ClN2. The lowest BCUT2D eigenvalue weighted by atomic mass is 9.81. The third-order valence-electron chi connectivity index (χ3n) is 4.79. The van der Waals surface area contributed by atoms with E-state index >= 15 is 0 Å². The van der Waals surface area contributed by atoms with Crippen molar-refractivity contribution in [3.8, 4) is 0 Å². The van der Waals surface area contributed by atoms with E-state index in [1.54, 1.807) is 0 Å². The lowest BCUT2D eigenvalue weighted by molar-refractivity contribution is 0.308. The van der Waals surface area contributed by atoms with E-state index in [0.717, 1.165) is 12.2 Å². The molecule has 3 rings (SSSR count). The molecule has 2 nitrogen and oxygen atoms in total. The van der Waals surface area contributed by atoms with Gasteiger partial charge in [0.15, 0.2) is 0 Å². The van der Waals surface area contributed by atoms with Crippen LogP contribution in [-0.4, -0.2) is 0 Å². The van der Waals surface area contributed by atoms with Crippen LogP contribution in [-0.2, 0) is 6.54 Å². The second-order valence-corrected chi connectivity index (χ2v) is 6.39. The molecule has 0 unspecified atom stereocenters. The Morgan fingerprint density at radius 1 is 0.913 bits per heavy atom. The number of rotatable bonds is 5. The van der Waals surface area contributed by atoms with E-state index in [4.69, 9.17) is 5.73 Å². The van der Waals surface area contributed by atoms with Crippen molar-refractivity contribution in [1.29, 1.82) is 0 Å². The summed E-state index contributed by atoms with van der Waals surface area (Å²) in [6.45, 7) is 0.856. The molecular weight excluding hydrogens is 304 g/mol. The molecule has 1 fully saturated rings. The average molecular weight is 331 g/mol. The fourth-order valence-electron chi connectivity index (χ4n) is 3.39. The summed E-state index contributed by atoms with van der Waals surface area (Å²) in [5.74, 6) is 0.664. The third kappa shape index (κ3) is 4.98. The topological polar surface area (TPSA) is 38.0 Å². The minimum atomic E-state index is 0. The highest BCUT2D eigenvalue weighted by Gasteiger charge is 2.21. The molecule has 1 aliphatic rings. The molecule has 1 aliphatic carbocycles. The number of benzene rings is 2. The fraction of sp³-hybridized carbons (Fsp3) is 0.400. The van der Waals surface area contributed by atoms with Gasteiger partial charge in [-0.2, -0.15) is 0 Å². The van der Waals surface area contributed by atoms with Crippen molar-refractivity contribution in [2.75, 3.05) is 5.32 Å². The second kappa shape index (κ2) is 8.95. The Bertz CT molecular complexity index is 562. The van der Waals surface area contributed by atoms with Gasteiger partial charge in [0.2, 0.25) is 0 Å². The summed E-state index contributed by atoms with van der Waals surface area (Å²) in [5.41, 5.74) is 10.2. The average Bonchev–Trinajstić information content (AvgIpc) is 2.61. The smallest absolute Gasteiger partial charge is 0.0400 e. The number of nitrogens with two attached hydrogens (primary N) is 1. The summed E-state index contributed by atoms with van der Waals surface area (Å²) >= 11 is 0. The summed E-state index contributed by atoms with van der Waals surface area (Å²) < 4.78 is 0. The van der Waals surface area contributed by atoms with Crippen LogP contribution in [0.25, 0.3) is 0 Å². The zero-order chi connectivity index (χ0) is 15.2. The van der Waals surface area contributed by atoms with Crippen molar-refractivity contribution < 1.29 is 0 Å².